The van der Waals surface area contributed by atoms with Crippen molar-refractivity contribution in [3.05, 3.63) is 30.3 Å². The van der Waals surface area contributed by atoms with E-state index in [0.717, 1.165) is 39.1 Å². The molecule has 1 heterocycles. The van der Waals surface area contributed by atoms with Gasteiger partial charge in [0.25, 0.3) is 0 Å². The Morgan fingerprint density at radius 3 is 2.36 bits per heavy atom. The van der Waals surface area contributed by atoms with Crippen molar-refractivity contribution in [1.82, 2.24) is 15.5 Å². The molecule has 2 N–H and O–H groups in total. The van der Waals surface area contributed by atoms with Gasteiger partial charge in [-0.15, -0.1) is 0 Å². The van der Waals surface area contributed by atoms with Crippen LogP contribution in [0.3, 0.4) is 0 Å². The number of benzene rings is 1. The van der Waals surface area contributed by atoms with Gasteiger partial charge < -0.3 is 20.3 Å². The highest BCUT2D eigenvalue weighted by molar-refractivity contribution is 5.82. The first kappa shape index (κ1) is 21.8. The van der Waals surface area contributed by atoms with Crippen LogP contribution in [0, 0.1) is 0 Å². The Hall–Kier alpha value is -2.49. The molecule has 7 nitrogen and oxygen atoms in total. The predicted molar refractivity (Wildman–Crippen MR) is 98.1 cm³/mol. The van der Waals surface area contributed by atoms with Crippen LogP contribution in [0.4, 0.5) is 23.7 Å². The number of alkyl halides is 3. The number of hydrogen-bond acceptors (Lipinski definition) is 5. The number of nitrogens with zero attached hydrogens (tertiary/aromatic N) is 2. The minimum atomic E-state index is -4.59. The van der Waals surface area contributed by atoms with E-state index in [-0.39, 0.29) is 0 Å². The molecule has 0 unspecified atom stereocenters. The molecule has 28 heavy (non-hydrogen) atoms. The molecule has 1 saturated heterocycles. The molecule has 2 rings (SSSR count). The summed E-state index contributed by atoms with van der Waals surface area (Å²) < 4.78 is 39.6. The standard InChI is InChI=1S/C18H25F3N4O3/c19-18(20,21)14-28-17(27)23-13-16(26)22-7-4-8-24-9-11-25(12-10-24)15-5-2-1-3-6-15/h1-3,5-6H,4,7-14H2,(H,22,26)(H,23,27). The van der Waals surface area contributed by atoms with Crippen molar-refractivity contribution in [1.29, 1.82) is 0 Å². The molecular formula is C18H25F3N4O3. The van der Waals surface area contributed by atoms with Gasteiger partial charge in [-0.25, -0.2) is 4.79 Å². The van der Waals surface area contributed by atoms with Crippen molar-refractivity contribution in [3.8, 4) is 0 Å². The van der Waals surface area contributed by atoms with Gasteiger partial charge in [0, 0.05) is 38.4 Å². The summed E-state index contributed by atoms with van der Waals surface area (Å²) in [4.78, 5) is 27.3. The smallest absolute Gasteiger partial charge is 0.422 e. The number of piperazine rings is 1. The monoisotopic (exact) mass is 402 g/mol. The third kappa shape index (κ3) is 8.47. The molecule has 0 aromatic heterocycles. The number of carbonyl (C=O) groups excluding carboxylic acids is 2. The largest absolute Gasteiger partial charge is 0.440 e. The van der Waals surface area contributed by atoms with E-state index in [2.05, 4.69) is 32.0 Å². The van der Waals surface area contributed by atoms with E-state index >= 15 is 0 Å². The number of hydrogen-bond donors (Lipinski definition) is 2. The van der Waals surface area contributed by atoms with Crippen LogP contribution in [0.15, 0.2) is 30.3 Å². The molecule has 2 amide bonds. The Morgan fingerprint density at radius 2 is 1.71 bits per heavy atom. The van der Waals surface area contributed by atoms with Gasteiger partial charge in [0.1, 0.15) is 0 Å². The second kappa shape index (κ2) is 10.7. The van der Waals surface area contributed by atoms with Crippen molar-refractivity contribution in [2.24, 2.45) is 0 Å². The number of nitrogens with one attached hydrogen (secondary N) is 2. The van der Waals surface area contributed by atoms with Gasteiger partial charge in [-0.05, 0) is 25.1 Å². The van der Waals surface area contributed by atoms with Crippen molar-refractivity contribution < 1.29 is 27.5 Å². The summed E-state index contributed by atoms with van der Waals surface area (Å²) in [6.45, 7) is 2.93. The van der Waals surface area contributed by atoms with Crippen LogP contribution in [-0.4, -0.2) is 75.5 Å². The zero-order valence-electron chi connectivity index (χ0n) is 15.5. The molecule has 0 spiro atoms. The molecular weight excluding hydrogens is 377 g/mol. The van der Waals surface area contributed by atoms with E-state index in [1.54, 1.807) is 0 Å². The average molecular weight is 402 g/mol. The maximum atomic E-state index is 11.9. The van der Waals surface area contributed by atoms with E-state index in [1.165, 1.54) is 5.69 Å². The zero-order chi connectivity index (χ0) is 20.4. The van der Waals surface area contributed by atoms with Crippen LogP contribution in [0.25, 0.3) is 0 Å². The first-order valence-corrected chi connectivity index (χ1v) is 9.10. The van der Waals surface area contributed by atoms with Gasteiger partial charge in [-0.3, -0.25) is 9.69 Å². The van der Waals surface area contributed by atoms with Gasteiger partial charge in [0.05, 0.1) is 6.54 Å². The second-order valence-corrected chi connectivity index (χ2v) is 6.41. The highest BCUT2D eigenvalue weighted by Gasteiger charge is 2.29. The molecule has 1 fully saturated rings. The summed E-state index contributed by atoms with van der Waals surface area (Å²) in [6, 6.07) is 10.2. The summed E-state index contributed by atoms with van der Waals surface area (Å²) in [5.74, 6) is -0.474. The fraction of sp³-hybridized carbons (Fsp3) is 0.556. The summed E-state index contributed by atoms with van der Waals surface area (Å²) >= 11 is 0. The molecule has 156 valence electrons. The number of ether oxygens (including phenoxy) is 1. The van der Waals surface area contributed by atoms with Crippen LogP contribution >= 0.6 is 0 Å². The SMILES string of the molecule is O=C(CNC(=O)OCC(F)(F)F)NCCCN1CCN(c2ccccc2)CC1. The lowest BCUT2D eigenvalue weighted by atomic mass is 10.2. The molecule has 0 atom stereocenters. The summed E-state index contributed by atoms with van der Waals surface area (Å²) in [5.41, 5.74) is 1.22. The highest BCUT2D eigenvalue weighted by Crippen LogP contribution is 2.15. The number of rotatable bonds is 8. The first-order valence-electron chi connectivity index (χ1n) is 9.10. The number of para-hydroxylation sites is 1. The normalized spacial score (nSPS) is 15.2. The van der Waals surface area contributed by atoms with E-state index in [9.17, 15) is 22.8 Å². The average Bonchev–Trinajstić information content (AvgIpc) is 2.68. The van der Waals surface area contributed by atoms with Crippen molar-refractivity contribution >= 4 is 17.7 Å². The van der Waals surface area contributed by atoms with E-state index < -0.39 is 31.3 Å². The Bertz CT molecular complexity index is 620. The summed E-state index contributed by atoms with van der Waals surface area (Å²) in [6.07, 6.45) is -5.12. The maximum Gasteiger partial charge on any atom is 0.422 e. The van der Waals surface area contributed by atoms with E-state index in [0.29, 0.717) is 6.54 Å². The molecule has 1 aliphatic rings. The lowest BCUT2D eigenvalue weighted by molar-refractivity contribution is -0.160. The molecule has 1 aromatic carbocycles. The molecule has 0 saturated carbocycles. The molecule has 0 radical (unpaired) electrons. The number of amides is 2. The zero-order valence-corrected chi connectivity index (χ0v) is 15.5. The third-order valence-electron chi connectivity index (χ3n) is 4.23. The van der Waals surface area contributed by atoms with Crippen LogP contribution < -0.4 is 15.5 Å². The highest BCUT2D eigenvalue weighted by atomic mass is 19.4. The minimum Gasteiger partial charge on any atom is -0.440 e. The van der Waals surface area contributed by atoms with Gasteiger partial charge in [-0.2, -0.15) is 13.2 Å². The van der Waals surface area contributed by atoms with Crippen LogP contribution in [0.2, 0.25) is 0 Å². The van der Waals surface area contributed by atoms with Crippen molar-refractivity contribution in [2.45, 2.75) is 12.6 Å². The fourth-order valence-electron chi connectivity index (χ4n) is 2.81. The van der Waals surface area contributed by atoms with E-state index in [4.69, 9.17) is 0 Å². The maximum absolute atomic E-state index is 11.9. The Balaban J connectivity index is 1.51. The van der Waals surface area contributed by atoms with Crippen LogP contribution in [0.1, 0.15) is 6.42 Å². The number of anilines is 1. The van der Waals surface area contributed by atoms with Gasteiger partial charge >= 0.3 is 12.3 Å². The lowest BCUT2D eigenvalue weighted by Crippen LogP contribution is -2.47. The topological polar surface area (TPSA) is 73.9 Å². The molecule has 0 bridgehead atoms. The lowest BCUT2D eigenvalue weighted by Gasteiger charge is -2.36. The predicted octanol–water partition coefficient (Wildman–Crippen LogP) is 1.60. The molecule has 0 aliphatic carbocycles. The first-order chi connectivity index (χ1) is 13.3. The minimum absolute atomic E-state index is 0.424. The van der Waals surface area contributed by atoms with Crippen molar-refractivity contribution in [3.63, 3.8) is 0 Å². The van der Waals surface area contributed by atoms with Crippen LogP contribution in [0.5, 0.6) is 0 Å². The molecule has 1 aromatic rings. The van der Waals surface area contributed by atoms with Crippen molar-refractivity contribution in [2.75, 3.05) is 57.3 Å². The Labute approximate surface area is 161 Å². The number of alkyl carbamates (subject to hydrolysis) is 1. The Morgan fingerprint density at radius 1 is 1.04 bits per heavy atom. The number of carbonyl (C=O) groups is 2. The van der Waals surface area contributed by atoms with Gasteiger partial charge in [0.15, 0.2) is 6.61 Å². The number of halogens is 3. The van der Waals surface area contributed by atoms with Crippen LogP contribution in [-0.2, 0) is 9.53 Å². The van der Waals surface area contributed by atoms with E-state index in [1.807, 2.05) is 23.5 Å². The van der Waals surface area contributed by atoms with Gasteiger partial charge in [-0.1, -0.05) is 18.2 Å². The third-order valence-corrected chi connectivity index (χ3v) is 4.23. The fourth-order valence-corrected chi connectivity index (χ4v) is 2.81. The summed E-state index contributed by atoms with van der Waals surface area (Å²) in [7, 11) is 0. The Kier molecular flexibility index (Phi) is 8.37. The van der Waals surface area contributed by atoms with Gasteiger partial charge in [0.2, 0.25) is 5.91 Å². The molecule has 10 heteroatoms. The quantitative estimate of drug-likeness (QED) is 0.647. The summed E-state index contributed by atoms with van der Waals surface area (Å²) in [5, 5.41) is 4.59. The second-order valence-electron chi connectivity index (χ2n) is 6.41. The molecule has 1 aliphatic heterocycles.